The molecule has 2 aliphatic rings. The Kier molecular flexibility index (Phi) is 3.82. The number of carbonyl (C=O) groups is 2. The maximum Gasteiger partial charge on any atom is 0.247 e. The third-order valence-corrected chi connectivity index (χ3v) is 4.14. The molecule has 1 N–H and O–H groups in total. The monoisotopic (exact) mass is 277 g/mol. The second-order valence-electron chi connectivity index (χ2n) is 5.52. The lowest BCUT2D eigenvalue weighted by molar-refractivity contribution is -0.142. The lowest BCUT2D eigenvalue weighted by Gasteiger charge is -2.29. The number of imide groups is 1. The van der Waals surface area contributed by atoms with Gasteiger partial charge in [-0.25, -0.2) is 0 Å². The van der Waals surface area contributed by atoms with E-state index in [9.17, 15) is 9.59 Å². The fraction of sp³-hybridized carbons (Fsp3) is 0.643. The fourth-order valence-electron chi connectivity index (χ4n) is 3.09. The molecule has 1 saturated carbocycles. The lowest BCUT2D eigenvalue weighted by atomic mass is 9.94. The zero-order valence-corrected chi connectivity index (χ0v) is 11.4. The number of carbonyl (C=O) groups excluding carboxylic acids is 2. The van der Waals surface area contributed by atoms with Crippen LogP contribution in [0.25, 0.3) is 0 Å². The molecule has 0 spiro atoms. The van der Waals surface area contributed by atoms with Crippen LogP contribution < -0.4 is 5.32 Å². The van der Waals surface area contributed by atoms with Crippen LogP contribution in [0.2, 0.25) is 0 Å². The molecular weight excluding hydrogens is 258 g/mol. The van der Waals surface area contributed by atoms with Crippen molar-refractivity contribution in [3.8, 4) is 0 Å². The van der Waals surface area contributed by atoms with E-state index in [0.29, 0.717) is 6.54 Å². The summed E-state index contributed by atoms with van der Waals surface area (Å²) in [6.45, 7) is 0.443. The van der Waals surface area contributed by atoms with Crippen molar-refractivity contribution < 1.29 is 14.1 Å². The molecule has 2 amide bonds. The molecule has 1 aromatic rings. The minimum absolute atomic E-state index is 0.0421. The van der Waals surface area contributed by atoms with Crippen LogP contribution >= 0.6 is 0 Å². The Hall–Kier alpha value is -1.69. The molecule has 1 aliphatic carbocycles. The molecule has 1 atom stereocenters. The highest BCUT2D eigenvalue weighted by Crippen LogP contribution is 2.27. The molecule has 0 bridgehead atoms. The van der Waals surface area contributed by atoms with Crippen LogP contribution in [0.15, 0.2) is 16.9 Å². The van der Waals surface area contributed by atoms with Gasteiger partial charge >= 0.3 is 0 Å². The molecular formula is C14H19N3O3. The molecule has 6 nitrogen and oxygen atoms in total. The summed E-state index contributed by atoms with van der Waals surface area (Å²) in [5, 5.41) is 6.88. The van der Waals surface area contributed by atoms with E-state index in [1.54, 1.807) is 6.07 Å². The van der Waals surface area contributed by atoms with Gasteiger partial charge in [-0.2, -0.15) is 0 Å². The number of aromatic nitrogens is 1. The van der Waals surface area contributed by atoms with E-state index >= 15 is 0 Å². The van der Waals surface area contributed by atoms with Crippen molar-refractivity contribution in [1.29, 1.82) is 0 Å². The van der Waals surface area contributed by atoms with Gasteiger partial charge < -0.3 is 4.52 Å². The molecule has 2 heterocycles. The Morgan fingerprint density at radius 1 is 1.30 bits per heavy atom. The van der Waals surface area contributed by atoms with Crippen LogP contribution in [0.5, 0.6) is 0 Å². The summed E-state index contributed by atoms with van der Waals surface area (Å²) in [6, 6.07) is 1.44. The SMILES string of the molecule is O=C1CC(NCc2ccon2)C(=O)N1C1CCCCC1. The van der Waals surface area contributed by atoms with Gasteiger partial charge in [0, 0.05) is 18.7 Å². The average Bonchev–Trinajstić information content (AvgIpc) is 3.06. The van der Waals surface area contributed by atoms with Gasteiger partial charge in [0.1, 0.15) is 6.26 Å². The molecule has 1 aromatic heterocycles. The second kappa shape index (κ2) is 5.75. The summed E-state index contributed by atoms with van der Waals surface area (Å²) in [5.74, 6) is -0.120. The zero-order valence-electron chi connectivity index (χ0n) is 11.4. The van der Waals surface area contributed by atoms with Gasteiger partial charge in [0.25, 0.3) is 0 Å². The summed E-state index contributed by atoms with van der Waals surface area (Å²) >= 11 is 0. The molecule has 6 heteroatoms. The van der Waals surface area contributed by atoms with Gasteiger partial charge in [0.2, 0.25) is 11.8 Å². The predicted octanol–water partition coefficient (Wildman–Crippen LogP) is 1.22. The number of hydrogen-bond acceptors (Lipinski definition) is 5. The molecule has 108 valence electrons. The highest BCUT2D eigenvalue weighted by Gasteiger charge is 2.42. The van der Waals surface area contributed by atoms with Crippen LogP contribution in [0.1, 0.15) is 44.2 Å². The van der Waals surface area contributed by atoms with E-state index in [1.165, 1.54) is 17.6 Å². The lowest BCUT2D eigenvalue weighted by Crippen LogP contribution is -2.44. The third kappa shape index (κ3) is 2.60. The first-order chi connectivity index (χ1) is 9.75. The molecule has 0 radical (unpaired) electrons. The maximum atomic E-state index is 12.4. The number of rotatable bonds is 4. The van der Waals surface area contributed by atoms with E-state index in [2.05, 4.69) is 10.5 Å². The number of nitrogens with one attached hydrogen (secondary N) is 1. The van der Waals surface area contributed by atoms with E-state index in [4.69, 9.17) is 4.52 Å². The van der Waals surface area contributed by atoms with Crippen LogP contribution in [-0.4, -0.2) is 34.0 Å². The summed E-state index contributed by atoms with van der Waals surface area (Å²) in [6.07, 6.45) is 7.08. The number of nitrogens with zero attached hydrogens (tertiary/aromatic N) is 2. The molecule has 1 aliphatic heterocycles. The fourth-order valence-corrected chi connectivity index (χ4v) is 3.09. The topological polar surface area (TPSA) is 75.4 Å². The first-order valence-electron chi connectivity index (χ1n) is 7.24. The largest absolute Gasteiger partial charge is 0.364 e. The molecule has 1 saturated heterocycles. The Bertz CT molecular complexity index is 480. The van der Waals surface area contributed by atoms with Crippen LogP contribution in [0, 0.1) is 0 Å². The smallest absolute Gasteiger partial charge is 0.247 e. The summed E-state index contributed by atoms with van der Waals surface area (Å²) in [5.41, 5.74) is 0.737. The Morgan fingerprint density at radius 3 is 2.80 bits per heavy atom. The summed E-state index contributed by atoms with van der Waals surface area (Å²) in [7, 11) is 0. The van der Waals surface area contributed by atoms with Gasteiger partial charge in [-0.15, -0.1) is 0 Å². The normalized spacial score (nSPS) is 24.6. The van der Waals surface area contributed by atoms with Crippen molar-refractivity contribution in [1.82, 2.24) is 15.4 Å². The third-order valence-electron chi connectivity index (χ3n) is 4.14. The van der Waals surface area contributed by atoms with Crippen molar-refractivity contribution in [3.05, 3.63) is 18.0 Å². The molecule has 20 heavy (non-hydrogen) atoms. The molecule has 3 rings (SSSR count). The van der Waals surface area contributed by atoms with E-state index in [-0.39, 0.29) is 24.3 Å². The van der Waals surface area contributed by atoms with Crippen LogP contribution in [0.4, 0.5) is 0 Å². The molecule has 1 unspecified atom stereocenters. The van der Waals surface area contributed by atoms with Crippen molar-refractivity contribution in [2.24, 2.45) is 0 Å². The average molecular weight is 277 g/mol. The predicted molar refractivity (Wildman–Crippen MR) is 70.5 cm³/mol. The molecule has 2 fully saturated rings. The Morgan fingerprint density at radius 2 is 2.10 bits per heavy atom. The van der Waals surface area contributed by atoms with Gasteiger partial charge in [0.05, 0.1) is 18.2 Å². The zero-order chi connectivity index (χ0) is 13.9. The minimum Gasteiger partial charge on any atom is -0.364 e. The van der Waals surface area contributed by atoms with Crippen molar-refractivity contribution in [2.45, 2.75) is 57.2 Å². The molecule has 0 aromatic carbocycles. The highest BCUT2D eigenvalue weighted by atomic mass is 16.5. The first kappa shape index (κ1) is 13.3. The van der Waals surface area contributed by atoms with Crippen molar-refractivity contribution in [2.75, 3.05) is 0 Å². The van der Waals surface area contributed by atoms with Crippen LogP contribution in [-0.2, 0) is 16.1 Å². The minimum atomic E-state index is -0.416. The standard InChI is InChI=1S/C14H19N3O3/c18-13-8-12(15-9-10-6-7-20-16-10)14(19)17(13)11-4-2-1-3-5-11/h6-7,11-12,15H,1-5,8-9H2. The van der Waals surface area contributed by atoms with Gasteiger partial charge in [-0.05, 0) is 12.8 Å². The van der Waals surface area contributed by atoms with Gasteiger partial charge in [-0.1, -0.05) is 24.4 Å². The number of likely N-dealkylation sites (tertiary alicyclic amines) is 1. The second-order valence-corrected chi connectivity index (χ2v) is 5.52. The maximum absolute atomic E-state index is 12.4. The van der Waals surface area contributed by atoms with Gasteiger partial charge in [0.15, 0.2) is 0 Å². The first-order valence-corrected chi connectivity index (χ1v) is 7.24. The highest BCUT2D eigenvalue weighted by molar-refractivity contribution is 6.05. The van der Waals surface area contributed by atoms with E-state index in [1.807, 2.05) is 0 Å². The Balaban J connectivity index is 1.60. The van der Waals surface area contributed by atoms with Crippen molar-refractivity contribution >= 4 is 11.8 Å². The van der Waals surface area contributed by atoms with Gasteiger partial charge in [-0.3, -0.25) is 19.8 Å². The van der Waals surface area contributed by atoms with Crippen LogP contribution in [0.3, 0.4) is 0 Å². The summed E-state index contributed by atoms with van der Waals surface area (Å²) in [4.78, 5) is 26.0. The Labute approximate surface area is 117 Å². The number of amides is 2. The van der Waals surface area contributed by atoms with Crippen molar-refractivity contribution in [3.63, 3.8) is 0 Å². The van der Waals surface area contributed by atoms with E-state index in [0.717, 1.165) is 31.4 Å². The number of hydrogen-bond donors (Lipinski definition) is 1. The van der Waals surface area contributed by atoms with E-state index < -0.39 is 6.04 Å². The quantitative estimate of drug-likeness (QED) is 0.838. The summed E-state index contributed by atoms with van der Waals surface area (Å²) < 4.78 is 4.74.